The lowest BCUT2D eigenvalue weighted by Crippen LogP contribution is -1.93. The summed E-state index contributed by atoms with van der Waals surface area (Å²) in [5, 5.41) is 0. The molecule has 0 aromatic heterocycles. The van der Waals surface area contributed by atoms with Crippen LogP contribution in [0.25, 0.3) is 11.1 Å². The Kier molecular flexibility index (Phi) is 2.95. The Balaban J connectivity index is 2.67. The van der Waals surface area contributed by atoms with E-state index in [1.54, 1.807) is 0 Å². The first-order valence-electron chi connectivity index (χ1n) is 4.82. The molecule has 0 spiro atoms. The lowest BCUT2D eigenvalue weighted by molar-refractivity contribution is 0.112. The largest absolute Gasteiger partial charge is 0.298 e. The SMILES string of the molecule is O=Cc1cccc(F)c1-c1ccc(F)c(F)c1. The van der Waals surface area contributed by atoms with Crippen molar-refractivity contribution < 1.29 is 18.0 Å². The smallest absolute Gasteiger partial charge is 0.159 e. The molecule has 0 aliphatic heterocycles. The molecule has 0 fully saturated rings. The maximum absolute atomic E-state index is 13.6. The lowest BCUT2D eigenvalue weighted by atomic mass is 9.99. The van der Waals surface area contributed by atoms with Crippen LogP contribution in [0.4, 0.5) is 13.2 Å². The third kappa shape index (κ3) is 2.06. The van der Waals surface area contributed by atoms with Crippen LogP contribution in [0, 0.1) is 17.5 Å². The van der Waals surface area contributed by atoms with E-state index in [1.807, 2.05) is 0 Å². The van der Waals surface area contributed by atoms with E-state index in [4.69, 9.17) is 0 Å². The van der Waals surface area contributed by atoms with Crippen LogP contribution >= 0.6 is 0 Å². The van der Waals surface area contributed by atoms with Gasteiger partial charge in [-0.3, -0.25) is 4.79 Å². The van der Waals surface area contributed by atoms with Crippen molar-refractivity contribution in [3.8, 4) is 11.1 Å². The molecule has 0 unspecified atom stereocenters. The van der Waals surface area contributed by atoms with Crippen molar-refractivity contribution in [3.63, 3.8) is 0 Å². The highest BCUT2D eigenvalue weighted by molar-refractivity contribution is 5.87. The Morgan fingerprint density at radius 1 is 0.882 bits per heavy atom. The highest BCUT2D eigenvalue weighted by Gasteiger charge is 2.12. The van der Waals surface area contributed by atoms with Gasteiger partial charge in [0.2, 0.25) is 0 Å². The van der Waals surface area contributed by atoms with E-state index in [1.165, 1.54) is 18.2 Å². The van der Waals surface area contributed by atoms with Crippen LogP contribution in [0.15, 0.2) is 36.4 Å². The molecule has 0 aliphatic carbocycles. The average molecular weight is 236 g/mol. The van der Waals surface area contributed by atoms with E-state index >= 15 is 0 Å². The Hall–Kier alpha value is -2.10. The first-order valence-corrected chi connectivity index (χ1v) is 4.82. The number of rotatable bonds is 2. The van der Waals surface area contributed by atoms with Gasteiger partial charge >= 0.3 is 0 Å². The standard InChI is InChI=1S/C13H7F3O/c14-10-5-4-8(6-12(10)16)13-9(7-17)2-1-3-11(13)15/h1-7H. The minimum atomic E-state index is -1.08. The van der Waals surface area contributed by atoms with Crippen molar-refractivity contribution >= 4 is 6.29 Å². The fourth-order valence-electron chi connectivity index (χ4n) is 1.60. The van der Waals surface area contributed by atoms with Crippen LogP contribution in [0.5, 0.6) is 0 Å². The maximum atomic E-state index is 13.6. The monoisotopic (exact) mass is 236 g/mol. The first-order chi connectivity index (χ1) is 8.13. The summed E-state index contributed by atoms with van der Waals surface area (Å²) >= 11 is 0. The van der Waals surface area contributed by atoms with Crippen LogP contribution in [-0.4, -0.2) is 6.29 Å². The highest BCUT2D eigenvalue weighted by atomic mass is 19.2. The molecule has 0 radical (unpaired) electrons. The average Bonchev–Trinajstić information content (AvgIpc) is 2.32. The molecule has 2 aromatic rings. The Bertz CT molecular complexity index is 579. The zero-order chi connectivity index (χ0) is 12.4. The molecular weight excluding hydrogens is 229 g/mol. The van der Waals surface area contributed by atoms with Gasteiger partial charge in [-0.2, -0.15) is 0 Å². The molecule has 0 aliphatic rings. The minimum absolute atomic E-state index is 0.0265. The summed E-state index contributed by atoms with van der Waals surface area (Å²) in [4.78, 5) is 10.8. The highest BCUT2D eigenvalue weighted by Crippen LogP contribution is 2.27. The zero-order valence-electron chi connectivity index (χ0n) is 8.58. The van der Waals surface area contributed by atoms with Crippen molar-refractivity contribution in [2.75, 3.05) is 0 Å². The van der Waals surface area contributed by atoms with Gasteiger partial charge in [0.25, 0.3) is 0 Å². The number of carbonyl (C=O) groups is 1. The van der Waals surface area contributed by atoms with E-state index in [-0.39, 0.29) is 16.7 Å². The van der Waals surface area contributed by atoms with Crippen LogP contribution in [0.1, 0.15) is 10.4 Å². The van der Waals surface area contributed by atoms with Crippen molar-refractivity contribution in [1.29, 1.82) is 0 Å². The summed E-state index contributed by atoms with van der Waals surface area (Å²) in [5.41, 5.74) is 0.196. The van der Waals surface area contributed by atoms with Gasteiger partial charge in [0.1, 0.15) is 5.82 Å². The van der Waals surface area contributed by atoms with E-state index in [0.29, 0.717) is 6.29 Å². The molecule has 0 saturated heterocycles. The van der Waals surface area contributed by atoms with E-state index < -0.39 is 17.5 Å². The molecule has 0 bridgehead atoms. The van der Waals surface area contributed by atoms with Gasteiger partial charge in [-0.15, -0.1) is 0 Å². The number of carbonyl (C=O) groups excluding carboxylic acids is 1. The van der Waals surface area contributed by atoms with Gasteiger partial charge in [-0.05, 0) is 23.8 Å². The molecule has 0 atom stereocenters. The fourth-order valence-corrected chi connectivity index (χ4v) is 1.60. The predicted molar refractivity (Wildman–Crippen MR) is 57.1 cm³/mol. The topological polar surface area (TPSA) is 17.1 Å². The molecule has 0 heterocycles. The zero-order valence-corrected chi connectivity index (χ0v) is 8.58. The predicted octanol–water partition coefficient (Wildman–Crippen LogP) is 3.58. The van der Waals surface area contributed by atoms with E-state index in [2.05, 4.69) is 0 Å². The Morgan fingerprint density at radius 3 is 2.29 bits per heavy atom. The number of hydrogen-bond acceptors (Lipinski definition) is 1. The lowest BCUT2D eigenvalue weighted by Gasteiger charge is -2.06. The third-order valence-corrected chi connectivity index (χ3v) is 2.38. The normalized spacial score (nSPS) is 10.3. The fraction of sp³-hybridized carbons (Fsp3) is 0. The summed E-state index contributed by atoms with van der Waals surface area (Å²) in [5.74, 6) is -2.75. The Labute approximate surface area is 95.5 Å². The van der Waals surface area contributed by atoms with Crippen molar-refractivity contribution in [2.24, 2.45) is 0 Å². The summed E-state index contributed by atoms with van der Waals surface area (Å²) in [6.07, 6.45) is 0.472. The van der Waals surface area contributed by atoms with Gasteiger partial charge < -0.3 is 0 Å². The molecule has 2 aromatic carbocycles. The summed E-state index contributed by atoms with van der Waals surface area (Å²) in [6.45, 7) is 0. The van der Waals surface area contributed by atoms with Gasteiger partial charge in [0.05, 0.1) is 0 Å². The van der Waals surface area contributed by atoms with Gasteiger partial charge in [-0.25, -0.2) is 13.2 Å². The molecule has 86 valence electrons. The van der Waals surface area contributed by atoms with Crippen LogP contribution in [0.3, 0.4) is 0 Å². The second-order valence-corrected chi connectivity index (χ2v) is 3.45. The quantitative estimate of drug-likeness (QED) is 0.728. The minimum Gasteiger partial charge on any atom is -0.298 e. The third-order valence-electron chi connectivity index (χ3n) is 2.38. The molecule has 2 rings (SSSR count). The van der Waals surface area contributed by atoms with Crippen molar-refractivity contribution in [2.45, 2.75) is 0 Å². The summed E-state index contributed by atoms with van der Waals surface area (Å²) < 4.78 is 39.4. The van der Waals surface area contributed by atoms with Gasteiger partial charge in [0, 0.05) is 11.1 Å². The first kappa shape index (κ1) is 11.4. The molecule has 0 saturated carbocycles. The van der Waals surface area contributed by atoms with E-state index in [9.17, 15) is 18.0 Å². The van der Waals surface area contributed by atoms with E-state index in [0.717, 1.165) is 18.2 Å². The molecule has 17 heavy (non-hydrogen) atoms. The van der Waals surface area contributed by atoms with Crippen LogP contribution in [0.2, 0.25) is 0 Å². The summed E-state index contributed by atoms with van der Waals surface area (Å²) in [7, 11) is 0. The molecule has 0 amide bonds. The number of aldehydes is 1. The van der Waals surface area contributed by atoms with Crippen LogP contribution in [-0.2, 0) is 0 Å². The van der Waals surface area contributed by atoms with Gasteiger partial charge in [0.15, 0.2) is 17.9 Å². The maximum Gasteiger partial charge on any atom is 0.159 e. The van der Waals surface area contributed by atoms with Crippen molar-refractivity contribution in [3.05, 3.63) is 59.4 Å². The molecule has 0 N–H and O–H groups in total. The second kappa shape index (κ2) is 4.41. The molecule has 4 heteroatoms. The number of hydrogen-bond donors (Lipinski definition) is 0. The number of halogens is 3. The second-order valence-electron chi connectivity index (χ2n) is 3.45. The Morgan fingerprint density at radius 2 is 1.65 bits per heavy atom. The molecule has 1 nitrogen and oxygen atoms in total. The summed E-state index contributed by atoms with van der Waals surface area (Å²) in [6, 6.07) is 6.93. The number of benzene rings is 2. The van der Waals surface area contributed by atoms with Crippen molar-refractivity contribution in [1.82, 2.24) is 0 Å². The van der Waals surface area contributed by atoms with Gasteiger partial charge in [-0.1, -0.05) is 18.2 Å². The molecular formula is C13H7F3O. The van der Waals surface area contributed by atoms with Crippen LogP contribution < -0.4 is 0 Å².